The van der Waals surface area contributed by atoms with Gasteiger partial charge in [0.2, 0.25) is 5.91 Å². The molecule has 16 heavy (non-hydrogen) atoms. The molecule has 0 aromatic rings. The molecular formula is C12H22N2O2. The molecule has 0 heterocycles. The molecule has 4 heteroatoms. The maximum absolute atomic E-state index is 11.8. The Balaban J connectivity index is 1.78. The van der Waals surface area contributed by atoms with Gasteiger partial charge in [-0.15, -0.1) is 0 Å². The van der Waals surface area contributed by atoms with Gasteiger partial charge in [-0.25, -0.2) is 0 Å². The quantitative estimate of drug-likeness (QED) is 0.718. The first-order valence-electron chi connectivity index (χ1n) is 6.28. The van der Waals surface area contributed by atoms with Crippen molar-refractivity contribution in [2.24, 2.45) is 0 Å². The third kappa shape index (κ3) is 2.55. The number of nitrogens with zero attached hydrogens (tertiary/aromatic N) is 1. The Morgan fingerprint density at radius 2 is 2.06 bits per heavy atom. The van der Waals surface area contributed by atoms with E-state index in [1.54, 1.807) is 0 Å². The van der Waals surface area contributed by atoms with E-state index in [-0.39, 0.29) is 18.1 Å². The monoisotopic (exact) mass is 226 g/mol. The molecule has 0 bridgehead atoms. The maximum atomic E-state index is 11.8. The van der Waals surface area contributed by atoms with Crippen molar-refractivity contribution in [2.75, 3.05) is 20.2 Å². The summed E-state index contributed by atoms with van der Waals surface area (Å²) in [6.07, 6.45) is 6.58. The summed E-state index contributed by atoms with van der Waals surface area (Å²) in [7, 11) is 1.88. The summed E-state index contributed by atoms with van der Waals surface area (Å²) in [5.41, 5.74) is -0.181. The van der Waals surface area contributed by atoms with E-state index in [0.717, 1.165) is 38.5 Å². The Morgan fingerprint density at radius 3 is 2.56 bits per heavy atom. The van der Waals surface area contributed by atoms with Gasteiger partial charge in [0.25, 0.3) is 0 Å². The van der Waals surface area contributed by atoms with Crippen LogP contribution in [0.2, 0.25) is 0 Å². The van der Waals surface area contributed by atoms with Gasteiger partial charge in [-0.05, 0) is 25.7 Å². The molecule has 0 aromatic heterocycles. The Hall–Kier alpha value is -0.610. The topological polar surface area (TPSA) is 52.6 Å². The van der Waals surface area contributed by atoms with Crippen molar-refractivity contribution in [1.29, 1.82) is 0 Å². The van der Waals surface area contributed by atoms with E-state index < -0.39 is 0 Å². The first-order valence-corrected chi connectivity index (χ1v) is 6.28. The van der Waals surface area contributed by atoms with Crippen LogP contribution in [-0.4, -0.2) is 47.7 Å². The lowest BCUT2D eigenvalue weighted by Gasteiger charge is -2.29. The lowest BCUT2D eigenvalue weighted by atomic mass is 9.99. The first kappa shape index (κ1) is 11.9. The molecule has 2 N–H and O–H groups in total. The summed E-state index contributed by atoms with van der Waals surface area (Å²) in [6.45, 7) is 0.515. The van der Waals surface area contributed by atoms with Crippen LogP contribution in [0.15, 0.2) is 0 Å². The van der Waals surface area contributed by atoms with E-state index in [1.807, 2.05) is 11.9 Å². The molecule has 0 atom stereocenters. The summed E-state index contributed by atoms with van der Waals surface area (Å²) < 4.78 is 0. The van der Waals surface area contributed by atoms with E-state index in [2.05, 4.69) is 5.32 Å². The Kier molecular flexibility index (Phi) is 3.50. The lowest BCUT2D eigenvalue weighted by Crippen LogP contribution is -2.50. The number of hydrogen-bond donors (Lipinski definition) is 2. The zero-order chi connectivity index (χ0) is 11.6. The minimum atomic E-state index is -0.181. The number of amides is 1. The number of carbonyl (C=O) groups is 1. The van der Waals surface area contributed by atoms with Crippen LogP contribution in [-0.2, 0) is 4.79 Å². The molecule has 0 spiro atoms. The number of aliphatic hydroxyl groups is 1. The second kappa shape index (κ2) is 4.72. The van der Waals surface area contributed by atoms with E-state index in [9.17, 15) is 9.90 Å². The highest BCUT2D eigenvalue weighted by Crippen LogP contribution is 2.29. The highest BCUT2D eigenvalue weighted by atomic mass is 16.3. The predicted octanol–water partition coefficient (Wildman–Crippen LogP) is 0.502. The van der Waals surface area contributed by atoms with Gasteiger partial charge in [-0.2, -0.15) is 0 Å². The Morgan fingerprint density at radius 1 is 1.44 bits per heavy atom. The molecule has 1 amide bonds. The van der Waals surface area contributed by atoms with Gasteiger partial charge < -0.3 is 15.3 Å². The minimum Gasteiger partial charge on any atom is -0.394 e. The van der Waals surface area contributed by atoms with Crippen LogP contribution in [0.4, 0.5) is 0 Å². The third-order valence-corrected chi connectivity index (χ3v) is 3.97. The minimum absolute atomic E-state index is 0.146. The molecule has 0 unspecified atom stereocenters. The molecule has 2 aliphatic carbocycles. The summed E-state index contributed by atoms with van der Waals surface area (Å²) in [5.74, 6) is 0.155. The van der Waals surface area contributed by atoms with Crippen LogP contribution >= 0.6 is 0 Å². The second-order valence-corrected chi connectivity index (χ2v) is 5.23. The van der Waals surface area contributed by atoms with Gasteiger partial charge in [-0.1, -0.05) is 12.8 Å². The maximum Gasteiger partial charge on any atom is 0.236 e. The standard InChI is InChI=1S/C12H22N2O2/c1-14(10-4-5-10)11(16)8-13-12(9-15)6-2-3-7-12/h10,13,15H,2-9H2,1H3. The van der Waals surface area contributed by atoms with E-state index >= 15 is 0 Å². The first-order chi connectivity index (χ1) is 7.67. The number of hydrogen-bond acceptors (Lipinski definition) is 3. The molecule has 0 saturated heterocycles. The predicted molar refractivity (Wildman–Crippen MR) is 62.1 cm³/mol. The lowest BCUT2D eigenvalue weighted by molar-refractivity contribution is -0.129. The molecule has 92 valence electrons. The van der Waals surface area contributed by atoms with E-state index in [4.69, 9.17) is 0 Å². The fraction of sp³-hybridized carbons (Fsp3) is 0.917. The fourth-order valence-electron chi connectivity index (χ4n) is 2.50. The van der Waals surface area contributed by atoms with Gasteiger partial charge in [0.1, 0.15) is 0 Å². The highest BCUT2D eigenvalue weighted by Gasteiger charge is 2.34. The zero-order valence-corrected chi connectivity index (χ0v) is 10.0. The smallest absolute Gasteiger partial charge is 0.236 e. The number of carbonyl (C=O) groups excluding carboxylic acids is 1. The number of aliphatic hydroxyl groups excluding tert-OH is 1. The van der Waals surface area contributed by atoms with Crippen LogP contribution in [0.25, 0.3) is 0 Å². The van der Waals surface area contributed by atoms with Crippen LogP contribution < -0.4 is 5.32 Å². The van der Waals surface area contributed by atoms with Gasteiger partial charge in [0, 0.05) is 18.6 Å². The van der Waals surface area contributed by atoms with Gasteiger partial charge in [-0.3, -0.25) is 4.79 Å². The van der Waals surface area contributed by atoms with Crippen molar-refractivity contribution in [3.63, 3.8) is 0 Å². The van der Waals surface area contributed by atoms with E-state index in [1.165, 1.54) is 0 Å². The van der Waals surface area contributed by atoms with Crippen molar-refractivity contribution in [2.45, 2.75) is 50.1 Å². The van der Waals surface area contributed by atoms with Gasteiger partial charge in [0.05, 0.1) is 13.2 Å². The highest BCUT2D eigenvalue weighted by molar-refractivity contribution is 5.78. The van der Waals surface area contributed by atoms with E-state index in [0.29, 0.717) is 12.6 Å². The summed E-state index contributed by atoms with van der Waals surface area (Å²) in [6, 6.07) is 0.475. The number of rotatable bonds is 5. The van der Waals surface area contributed by atoms with Crippen molar-refractivity contribution < 1.29 is 9.90 Å². The molecule has 0 radical (unpaired) electrons. The fourth-order valence-corrected chi connectivity index (χ4v) is 2.50. The van der Waals surface area contributed by atoms with Crippen molar-refractivity contribution in [3.05, 3.63) is 0 Å². The molecule has 2 saturated carbocycles. The number of nitrogens with one attached hydrogen (secondary N) is 1. The van der Waals surface area contributed by atoms with Crippen LogP contribution in [0.1, 0.15) is 38.5 Å². The molecule has 4 nitrogen and oxygen atoms in total. The molecule has 0 aliphatic heterocycles. The largest absolute Gasteiger partial charge is 0.394 e. The van der Waals surface area contributed by atoms with Crippen molar-refractivity contribution in [3.8, 4) is 0 Å². The molecule has 2 aliphatic rings. The Labute approximate surface area is 97.0 Å². The van der Waals surface area contributed by atoms with Crippen LogP contribution in [0, 0.1) is 0 Å². The molecule has 2 fully saturated rings. The van der Waals surface area contributed by atoms with Crippen molar-refractivity contribution >= 4 is 5.91 Å². The zero-order valence-electron chi connectivity index (χ0n) is 10.0. The third-order valence-electron chi connectivity index (χ3n) is 3.97. The summed E-state index contributed by atoms with van der Waals surface area (Å²) in [5, 5.41) is 12.7. The Bertz CT molecular complexity index is 258. The average Bonchev–Trinajstić information content (AvgIpc) is 3.05. The summed E-state index contributed by atoms with van der Waals surface area (Å²) >= 11 is 0. The average molecular weight is 226 g/mol. The molecule has 2 rings (SSSR count). The van der Waals surface area contributed by atoms with Crippen LogP contribution in [0.5, 0.6) is 0 Å². The summed E-state index contributed by atoms with van der Waals surface area (Å²) in [4.78, 5) is 13.7. The molecule has 0 aromatic carbocycles. The van der Waals surface area contributed by atoms with Crippen molar-refractivity contribution in [1.82, 2.24) is 10.2 Å². The second-order valence-electron chi connectivity index (χ2n) is 5.23. The number of likely N-dealkylation sites (N-methyl/N-ethyl adjacent to an activating group) is 1. The van der Waals surface area contributed by atoms with Crippen LogP contribution in [0.3, 0.4) is 0 Å². The SMILES string of the molecule is CN(C(=O)CNC1(CO)CCCC1)C1CC1. The molecular weight excluding hydrogens is 204 g/mol. The normalized spacial score (nSPS) is 23.4. The van der Waals surface area contributed by atoms with Gasteiger partial charge >= 0.3 is 0 Å². The van der Waals surface area contributed by atoms with Gasteiger partial charge in [0.15, 0.2) is 0 Å².